The Morgan fingerprint density at radius 2 is 2.00 bits per heavy atom. The maximum Gasteiger partial charge on any atom is 0.495 e. The summed E-state index contributed by atoms with van der Waals surface area (Å²) >= 11 is 0. The third-order valence-electron chi connectivity index (χ3n) is 7.19. The normalized spacial score (nSPS) is 22.9. The first-order chi connectivity index (χ1) is 18.3. The molecule has 200 valence electrons. The van der Waals surface area contributed by atoms with Gasteiger partial charge in [-0.05, 0) is 49.8 Å². The van der Waals surface area contributed by atoms with Gasteiger partial charge in [-0.1, -0.05) is 13.8 Å². The van der Waals surface area contributed by atoms with Gasteiger partial charge in [-0.25, -0.2) is 9.78 Å². The van der Waals surface area contributed by atoms with Gasteiger partial charge in [0.05, 0.1) is 37.3 Å². The lowest BCUT2D eigenvalue weighted by molar-refractivity contribution is 0.0339. The molecule has 0 radical (unpaired) electrons. The van der Waals surface area contributed by atoms with Gasteiger partial charge >= 0.3 is 13.1 Å². The number of nitrogens with zero attached hydrogens (tertiary/aromatic N) is 3. The van der Waals surface area contributed by atoms with Crippen LogP contribution in [0.5, 0.6) is 0 Å². The van der Waals surface area contributed by atoms with E-state index in [1.807, 2.05) is 13.0 Å². The summed E-state index contributed by atoms with van der Waals surface area (Å²) in [5, 5.41) is 16.2. The van der Waals surface area contributed by atoms with Crippen molar-refractivity contribution in [3.05, 3.63) is 35.0 Å². The van der Waals surface area contributed by atoms with Gasteiger partial charge in [0, 0.05) is 48.1 Å². The van der Waals surface area contributed by atoms with Crippen molar-refractivity contribution >= 4 is 36.0 Å². The summed E-state index contributed by atoms with van der Waals surface area (Å²) in [5.74, 6) is 0.732. The Morgan fingerprint density at radius 3 is 2.68 bits per heavy atom. The number of nitrogens with one attached hydrogen (secondary N) is 2. The van der Waals surface area contributed by atoms with Crippen LogP contribution >= 0.6 is 0 Å². The number of carbonyl (C=O) groups excluding carboxylic acids is 1. The number of carbonyl (C=O) groups is 1. The lowest BCUT2D eigenvalue weighted by atomic mass is 9.69. The van der Waals surface area contributed by atoms with Crippen LogP contribution in [0.1, 0.15) is 60.5 Å². The van der Waals surface area contributed by atoms with Gasteiger partial charge in [-0.15, -0.1) is 0 Å². The number of ether oxygens (including phenoxy) is 2. The number of esters is 1. The third kappa shape index (κ3) is 5.77. The van der Waals surface area contributed by atoms with Crippen LogP contribution in [-0.2, 0) is 18.8 Å². The van der Waals surface area contributed by atoms with E-state index < -0.39 is 13.1 Å². The van der Waals surface area contributed by atoms with Crippen LogP contribution in [-0.4, -0.2) is 62.6 Å². The molecule has 3 heterocycles. The molecule has 2 aliphatic heterocycles. The number of benzene rings is 1. The van der Waals surface area contributed by atoms with E-state index in [2.05, 4.69) is 40.5 Å². The Bertz CT molecular complexity index is 1240. The number of methoxy groups -OCH3 is 1. The van der Waals surface area contributed by atoms with E-state index in [0.717, 1.165) is 29.4 Å². The Balaban J connectivity index is 1.44. The third-order valence-corrected chi connectivity index (χ3v) is 7.19. The standard InChI is InChI=1S/C27H34BN5O5/c1-16-12-30-26(33-24(16)32-22-13-36-8-7-18(22)11-29)31-19-9-20(17-5-6-17)23(21(10-19)25(34)35-4)28-37-14-27(2,3)15-38-28/h9-10,12,17-18,22H,5-8,13-15H2,1-4H3,(H2,30,31,32,33)/t18-,22+/m0/s1. The summed E-state index contributed by atoms with van der Waals surface area (Å²) in [6.07, 6.45) is 4.48. The molecule has 2 atom stereocenters. The number of nitriles is 1. The molecule has 2 aromatic rings. The van der Waals surface area contributed by atoms with E-state index in [1.54, 1.807) is 12.3 Å². The first-order valence-electron chi connectivity index (χ1n) is 13.1. The van der Waals surface area contributed by atoms with Crippen LogP contribution in [0.3, 0.4) is 0 Å². The minimum atomic E-state index is -0.626. The smallest absolute Gasteiger partial charge is 0.465 e. The van der Waals surface area contributed by atoms with Gasteiger partial charge in [0.1, 0.15) is 5.82 Å². The molecular formula is C27H34BN5O5. The van der Waals surface area contributed by atoms with Crippen molar-refractivity contribution in [2.45, 2.75) is 52.0 Å². The zero-order valence-electron chi connectivity index (χ0n) is 22.4. The van der Waals surface area contributed by atoms with Crippen molar-refractivity contribution in [2.75, 3.05) is 44.2 Å². The van der Waals surface area contributed by atoms with Gasteiger partial charge in [-0.2, -0.15) is 10.2 Å². The number of aryl methyl sites for hydroxylation is 1. The number of hydrogen-bond donors (Lipinski definition) is 2. The number of hydrogen-bond acceptors (Lipinski definition) is 10. The Kier molecular flexibility index (Phi) is 7.57. The van der Waals surface area contributed by atoms with Crippen LogP contribution < -0.4 is 16.1 Å². The summed E-state index contributed by atoms with van der Waals surface area (Å²) in [5.41, 5.74) is 3.61. The van der Waals surface area contributed by atoms with E-state index in [-0.39, 0.29) is 17.4 Å². The average Bonchev–Trinajstić information content (AvgIpc) is 3.76. The lowest BCUT2D eigenvalue weighted by Crippen LogP contribution is -2.50. The van der Waals surface area contributed by atoms with Crippen LogP contribution in [0, 0.1) is 29.6 Å². The van der Waals surface area contributed by atoms with Crippen molar-refractivity contribution in [3.63, 3.8) is 0 Å². The molecule has 0 unspecified atom stereocenters. The zero-order valence-corrected chi connectivity index (χ0v) is 22.4. The van der Waals surface area contributed by atoms with Crippen LogP contribution in [0.4, 0.5) is 17.5 Å². The fourth-order valence-corrected chi connectivity index (χ4v) is 4.87. The second kappa shape index (κ2) is 10.9. The minimum Gasteiger partial charge on any atom is -0.465 e. The lowest BCUT2D eigenvalue weighted by Gasteiger charge is -2.34. The van der Waals surface area contributed by atoms with Crippen LogP contribution in [0.2, 0.25) is 0 Å². The molecule has 10 nitrogen and oxygen atoms in total. The van der Waals surface area contributed by atoms with E-state index in [0.29, 0.717) is 61.8 Å². The van der Waals surface area contributed by atoms with E-state index >= 15 is 0 Å². The summed E-state index contributed by atoms with van der Waals surface area (Å²) in [4.78, 5) is 22.1. The quantitative estimate of drug-likeness (QED) is 0.416. The van der Waals surface area contributed by atoms with Crippen LogP contribution in [0.25, 0.3) is 0 Å². The topological polar surface area (TPSA) is 128 Å². The Labute approximate surface area is 223 Å². The summed E-state index contributed by atoms with van der Waals surface area (Å²) in [6, 6.07) is 5.99. The second-order valence-corrected chi connectivity index (χ2v) is 11.1. The fraction of sp³-hybridized carbons (Fsp3) is 0.556. The molecule has 0 bridgehead atoms. The van der Waals surface area contributed by atoms with E-state index in [1.165, 1.54) is 7.11 Å². The van der Waals surface area contributed by atoms with E-state index in [9.17, 15) is 10.1 Å². The maximum atomic E-state index is 12.9. The molecule has 1 aromatic heterocycles. The van der Waals surface area contributed by atoms with Crippen molar-refractivity contribution in [1.29, 1.82) is 5.26 Å². The highest BCUT2D eigenvalue weighted by Crippen LogP contribution is 2.41. The molecule has 3 aliphatic rings. The molecule has 3 fully saturated rings. The highest BCUT2D eigenvalue weighted by molar-refractivity contribution is 6.63. The molecule has 1 aliphatic carbocycles. The number of aromatic nitrogens is 2. The summed E-state index contributed by atoms with van der Waals surface area (Å²) in [7, 11) is 0.748. The van der Waals surface area contributed by atoms with Crippen LogP contribution in [0.15, 0.2) is 18.3 Å². The van der Waals surface area contributed by atoms with Gasteiger partial charge < -0.3 is 29.4 Å². The van der Waals surface area contributed by atoms with Crippen molar-refractivity contribution in [3.8, 4) is 6.07 Å². The molecule has 0 amide bonds. The Hall–Kier alpha value is -3.20. The minimum absolute atomic E-state index is 0.0886. The molecule has 38 heavy (non-hydrogen) atoms. The first-order valence-corrected chi connectivity index (χ1v) is 13.1. The molecule has 0 spiro atoms. The van der Waals surface area contributed by atoms with Crippen molar-refractivity contribution in [1.82, 2.24) is 9.97 Å². The monoisotopic (exact) mass is 519 g/mol. The molecule has 1 saturated carbocycles. The summed E-state index contributed by atoms with van der Waals surface area (Å²) in [6.45, 7) is 8.20. The van der Waals surface area contributed by atoms with Gasteiger partial charge in [0.25, 0.3) is 0 Å². The number of anilines is 3. The molecule has 1 aromatic carbocycles. The predicted molar refractivity (Wildman–Crippen MR) is 143 cm³/mol. The highest BCUT2D eigenvalue weighted by Gasteiger charge is 2.41. The predicted octanol–water partition coefficient (Wildman–Crippen LogP) is 3.30. The molecular weight excluding hydrogens is 485 g/mol. The fourth-order valence-electron chi connectivity index (χ4n) is 4.87. The number of rotatable bonds is 7. The average molecular weight is 519 g/mol. The van der Waals surface area contributed by atoms with Gasteiger partial charge in [0.15, 0.2) is 0 Å². The maximum absolute atomic E-state index is 12.9. The van der Waals surface area contributed by atoms with Crippen molar-refractivity contribution in [2.24, 2.45) is 11.3 Å². The van der Waals surface area contributed by atoms with Gasteiger partial charge in [-0.3, -0.25) is 0 Å². The zero-order chi connectivity index (χ0) is 26.9. The molecule has 2 saturated heterocycles. The SMILES string of the molecule is COC(=O)c1cc(Nc2ncc(C)c(N[C@@H]3COCC[C@H]3C#N)n2)cc(C2CC2)c1B1OCC(C)(C)CO1. The Morgan fingerprint density at radius 1 is 1.24 bits per heavy atom. The van der Waals surface area contributed by atoms with Gasteiger partial charge in [0.2, 0.25) is 5.95 Å². The highest BCUT2D eigenvalue weighted by atomic mass is 16.6. The summed E-state index contributed by atoms with van der Waals surface area (Å²) < 4.78 is 22.9. The molecule has 11 heteroatoms. The molecule has 2 N–H and O–H groups in total. The second-order valence-electron chi connectivity index (χ2n) is 11.1. The largest absolute Gasteiger partial charge is 0.495 e. The van der Waals surface area contributed by atoms with E-state index in [4.69, 9.17) is 18.8 Å². The first kappa shape index (κ1) is 26.4. The molecule has 5 rings (SSSR count). The van der Waals surface area contributed by atoms with Crippen molar-refractivity contribution < 1.29 is 23.6 Å².